The standard InChI is InChI=1S/C18H13N2S.C11H8N.Ir/c1-11-6-9-16(19-10-11)15-5-3-4-13-14-8-7-12(2)20-18(14)21-17(13)15;1-2-6-10(7-3-1)11-8-4-5-9-12-11;/h3-4,6-10H,1-2H3;1-6,8-9H;/q2*-1;/i1D3,2D3,6D,9D;;. The second-order valence-electron chi connectivity index (χ2n) is 7.01. The zero-order valence-corrected chi connectivity index (χ0v) is 20.8. The van der Waals surface area contributed by atoms with Gasteiger partial charge in [-0.2, -0.15) is 11.3 Å². The first-order chi connectivity index (χ1) is 19.4. The Hall–Kier alpha value is -3.24. The van der Waals surface area contributed by atoms with Crippen molar-refractivity contribution in [3.8, 4) is 22.5 Å². The number of benzene rings is 2. The summed E-state index contributed by atoms with van der Waals surface area (Å²) in [5, 5.41) is 1.57. The zero-order chi connectivity index (χ0) is 29.4. The number of hydrogen-bond donors (Lipinski definition) is 0. The molecule has 0 amide bonds. The van der Waals surface area contributed by atoms with E-state index in [2.05, 4.69) is 27.1 Å². The Morgan fingerprint density at radius 3 is 2.59 bits per heavy atom. The van der Waals surface area contributed by atoms with Gasteiger partial charge < -0.3 is 9.97 Å². The molecule has 6 rings (SSSR count). The Balaban J connectivity index is 0.000000261. The molecule has 0 aliphatic heterocycles. The molecule has 0 saturated carbocycles. The van der Waals surface area contributed by atoms with Gasteiger partial charge in [-0.1, -0.05) is 35.7 Å². The van der Waals surface area contributed by atoms with E-state index in [1.807, 2.05) is 48.5 Å². The molecule has 0 spiro atoms. The van der Waals surface area contributed by atoms with Gasteiger partial charge in [-0.3, -0.25) is 0 Å². The molecule has 0 fully saturated rings. The summed E-state index contributed by atoms with van der Waals surface area (Å²) in [5.74, 6) is 0. The first-order valence-corrected chi connectivity index (χ1v) is 10.9. The minimum atomic E-state index is -2.53. The molecule has 3 nitrogen and oxygen atoms in total. The molecule has 5 heteroatoms. The van der Waals surface area contributed by atoms with Gasteiger partial charge in [-0.25, -0.2) is 4.98 Å². The smallest absolute Gasteiger partial charge is 0.113 e. The Morgan fingerprint density at radius 2 is 1.79 bits per heavy atom. The third-order valence-electron chi connectivity index (χ3n) is 4.82. The van der Waals surface area contributed by atoms with Crippen LogP contribution in [-0.4, -0.2) is 15.0 Å². The van der Waals surface area contributed by atoms with Crippen LogP contribution in [0, 0.1) is 25.8 Å². The fourth-order valence-electron chi connectivity index (χ4n) is 3.32. The zero-order valence-electron chi connectivity index (χ0n) is 25.6. The molecule has 0 unspecified atom stereocenters. The van der Waals surface area contributed by atoms with Crippen LogP contribution in [0.1, 0.15) is 22.2 Å². The van der Waals surface area contributed by atoms with Crippen LogP contribution >= 0.6 is 11.3 Å². The predicted molar refractivity (Wildman–Crippen MR) is 137 cm³/mol. The van der Waals surface area contributed by atoms with Crippen LogP contribution in [0.4, 0.5) is 0 Å². The Kier molecular flexibility index (Phi) is 4.96. The summed E-state index contributed by atoms with van der Waals surface area (Å²) in [6.07, 6.45) is 2.89. The molecule has 2 aromatic carbocycles. The van der Waals surface area contributed by atoms with E-state index < -0.39 is 19.7 Å². The SMILES string of the molecule is [2H]c1c(C([2H])([2H])[2H])cnc(-c2[c-]ccc3c2sc2nc(C([2H])([2H])[2H])ccc23)c1[2H].[Ir].[c-]1ccccc1-c1ccccn1. The van der Waals surface area contributed by atoms with E-state index in [0.717, 1.165) is 28.2 Å². The van der Waals surface area contributed by atoms with Crippen LogP contribution < -0.4 is 0 Å². The molecular formula is C29H21IrN3S-2. The van der Waals surface area contributed by atoms with E-state index in [0.29, 0.717) is 15.1 Å². The molecule has 4 heterocycles. The Bertz CT molecular complexity index is 1800. The second kappa shape index (κ2) is 10.8. The number of nitrogens with zero attached hydrogens (tertiary/aromatic N) is 3. The van der Waals surface area contributed by atoms with Crippen LogP contribution in [0.3, 0.4) is 0 Å². The number of thiophene rings is 1. The molecule has 0 N–H and O–H groups in total. The van der Waals surface area contributed by atoms with Gasteiger partial charge in [-0.15, -0.1) is 59.7 Å². The number of pyridine rings is 3. The van der Waals surface area contributed by atoms with Gasteiger partial charge in [-0.05, 0) is 52.9 Å². The predicted octanol–water partition coefficient (Wildman–Crippen LogP) is 7.47. The number of rotatable bonds is 2. The fraction of sp³-hybridized carbons (Fsp3) is 0.0690. The van der Waals surface area contributed by atoms with E-state index in [-0.39, 0.29) is 43.1 Å². The summed E-state index contributed by atoms with van der Waals surface area (Å²) in [4.78, 5) is 13.2. The van der Waals surface area contributed by atoms with Crippen molar-refractivity contribution >= 4 is 31.6 Å². The van der Waals surface area contributed by atoms with Crippen molar-refractivity contribution in [2.45, 2.75) is 13.7 Å². The maximum atomic E-state index is 8.27. The summed E-state index contributed by atoms with van der Waals surface area (Å²) >= 11 is 1.25. The van der Waals surface area contributed by atoms with Gasteiger partial charge in [0, 0.05) is 46.4 Å². The summed E-state index contributed by atoms with van der Waals surface area (Å²) < 4.78 is 62.2. The molecule has 0 aliphatic rings. The van der Waals surface area contributed by atoms with Crippen molar-refractivity contribution in [3.63, 3.8) is 0 Å². The molecule has 0 atom stereocenters. The van der Waals surface area contributed by atoms with Crippen molar-refractivity contribution in [2.75, 3.05) is 0 Å². The third kappa shape index (κ3) is 5.12. The van der Waals surface area contributed by atoms with E-state index in [1.165, 1.54) is 17.4 Å². The van der Waals surface area contributed by atoms with E-state index in [1.54, 1.807) is 18.3 Å². The molecule has 0 aliphatic carbocycles. The maximum Gasteiger partial charge on any atom is 0.113 e. The second-order valence-corrected chi connectivity index (χ2v) is 8.01. The molecule has 34 heavy (non-hydrogen) atoms. The largest absolute Gasteiger partial charge is 0.305 e. The van der Waals surface area contributed by atoms with Gasteiger partial charge in [0.1, 0.15) is 4.83 Å². The number of aryl methyl sites for hydroxylation is 2. The number of aromatic nitrogens is 3. The van der Waals surface area contributed by atoms with Gasteiger partial charge in [0.15, 0.2) is 0 Å². The molecule has 0 bridgehead atoms. The molecule has 1 radical (unpaired) electrons. The Morgan fingerprint density at radius 1 is 0.853 bits per heavy atom. The number of hydrogen-bond acceptors (Lipinski definition) is 4. The third-order valence-corrected chi connectivity index (χ3v) is 5.96. The van der Waals surface area contributed by atoms with Crippen molar-refractivity contribution in [1.29, 1.82) is 0 Å². The van der Waals surface area contributed by atoms with Gasteiger partial charge >= 0.3 is 0 Å². The summed E-state index contributed by atoms with van der Waals surface area (Å²) in [6, 6.07) is 25.8. The maximum absolute atomic E-state index is 8.27. The van der Waals surface area contributed by atoms with Crippen molar-refractivity contribution < 1.29 is 31.1 Å². The minimum absolute atomic E-state index is 0. The first-order valence-electron chi connectivity index (χ1n) is 14.0. The molecule has 6 aromatic rings. The Labute approximate surface area is 228 Å². The van der Waals surface area contributed by atoms with E-state index >= 15 is 0 Å². The van der Waals surface area contributed by atoms with Crippen molar-refractivity contribution in [2.24, 2.45) is 0 Å². The van der Waals surface area contributed by atoms with Crippen LogP contribution in [0.15, 0.2) is 91.2 Å². The van der Waals surface area contributed by atoms with E-state index in [9.17, 15) is 0 Å². The van der Waals surface area contributed by atoms with E-state index in [4.69, 9.17) is 11.0 Å². The molecule has 4 aromatic heterocycles. The van der Waals surface area contributed by atoms with Crippen LogP contribution in [0.2, 0.25) is 0 Å². The molecule has 169 valence electrons. The number of fused-ring (bicyclic) bond motifs is 3. The van der Waals surface area contributed by atoms with Crippen LogP contribution in [0.25, 0.3) is 42.8 Å². The minimum Gasteiger partial charge on any atom is -0.305 e. The van der Waals surface area contributed by atoms with Gasteiger partial charge in [0.25, 0.3) is 0 Å². The van der Waals surface area contributed by atoms with Crippen molar-refractivity contribution in [1.82, 2.24) is 15.0 Å². The summed E-state index contributed by atoms with van der Waals surface area (Å²) in [7, 11) is 0. The van der Waals surface area contributed by atoms with Crippen molar-refractivity contribution in [3.05, 3.63) is 115 Å². The average Bonchev–Trinajstić information content (AvgIpc) is 3.33. The summed E-state index contributed by atoms with van der Waals surface area (Å²) in [6.45, 7) is -4.85. The van der Waals surface area contributed by atoms with Crippen LogP contribution in [0.5, 0.6) is 0 Å². The normalized spacial score (nSPS) is 14.6. The van der Waals surface area contributed by atoms with Gasteiger partial charge in [0.2, 0.25) is 0 Å². The van der Waals surface area contributed by atoms with Crippen LogP contribution in [-0.2, 0) is 20.1 Å². The fourth-order valence-corrected chi connectivity index (χ4v) is 4.49. The average molecular weight is 644 g/mol. The molecular weight excluding hydrogens is 615 g/mol. The van der Waals surface area contributed by atoms with Gasteiger partial charge in [0.05, 0.1) is 2.74 Å². The molecule has 0 saturated heterocycles. The quantitative estimate of drug-likeness (QED) is 0.184. The monoisotopic (exact) mass is 644 g/mol. The first kappa shape index (κ1) is 15.6. The topological polar surface area (TPSA) is 38.7 Å². The summed E-state index contributed by atoms with van der Waals surface area (Å²) in [5.41, 5.74) is 2.33.